The molecule has 5 rings (SSSR count). The monoisotopic (exact) mass is 447 g/mol. The molecule has 7 nitrogen and oxygen atoms in total. The molecular weight excluding hydrogens is 434 g/mol. The van der Waals surface area contributed by atoms with Gasteiger partial charge < -0.3 is 9.63 Å². The zero-order chi connectivity index (χ0) is 21.2. The molecule has 0 aliphatic rings. The summed E-state index contributed by atoms with van der Waals surface area (Å²) in [5, 5.41) is 19.5. The highest BCUT2D eigenvalue weighted by Gasteiger charge is 2.16. The molecule has 31 heavy (non-hydrogen) atoms. The molecule has 0 saturated heterocycles. The Labute approximate surface area is 186 Å². The largest absolute Gasteiger partial charge is 0.504 e. The maximum absolute atomic E-state index is 10.2. The molecular formula is C22H14ClN5O2S. The molecule has 0 atom stereocenters. The molecule has 3 aromatic heterocycles. The average molecular weight is 448 g/mol. The standard InChI is InChI=1S/C22H14ClN5O2S/c23-16-7-9-17(10-8-16)31-19-12-28(22-18(29)2-1-11-24-22)26-20(19)14-3-5-15(6-4-14)21-25-13-30-27-21/h1-13,29H. The number of hydrogen-bond donors (Lipinski definition) is 1. The molecule has 0 fully saturated rings. The summed E-state index contributed by atoms with van der Waals surface area (Å²) in [6.45, 7) is 0. The second kappa shape index (κ2) is 8.25. The van der Waals surface area contributed by atoms with Crippen molar-refractivity contribution in [3.63, 3.8) is 0 Å². The Morgan fingerprint density at radius 1 is 0.935 bits per heavy atom. The summed E-state index contributed by atoms with van der Waals surface area (Å²) in [5.74, 6) is 0.924. The van der Waals surface area contributed by atoms with Crippen molar-refractivity contribution >= 4 is 23.4 Å². The number of benzene rings is 2. The zero-order valence-electron chi connectivity index (χ0n) is 15.9. The van der Waals surface area contributed by atoms with E-state index in [-0.39, 0.29) is 5.75 Å². The molecule has 0 amide bonds. The molecule has 5 aromatic rings. The van der Waals surface area contributed by atoms with Gasteiger partial charge in [0, 0.05) is 33.4 Å². The van der Waals surface area contributed by atoms with Gasteiger partial charge in [0.25, 0.3) is 0 Å². The number of hydrogen-bond acceptors (Lipinski definition) is 7. The summed E-state index contributed by atoms with van der Waals surface area (Å²) >= 11 is 7.57. The fraction of sp³-hybridized carbons (Fsp3) is 0. The molecule has 2 aromatic carbocycles. The van der Waals surface area contributed by atoms with Crippen LogP contribution in [0.15, 0.2) is 93.8 Å². The van der Waals surface area contributed by atoms with E-state index in [0.29, 0.717) is 16.7 Å². The zero-order valence-corrected chi connectivity index (χ0v) is 17.5. The van der Waals surface area contributed by atoms with Gasteiger partial charge in [-0.15, -0.1) is 0 Å². The predicted octanol–water partition coefficient (Wildman–Crippen LogP) is 5.49. The molecule has 3 heterocycles. The van der Waals surface area contributed by atoms with Crippen LogP contribution in [-0.2, 0) is 0 Å². The topological polar surface area (TPSA) is 89.9 Å². The number of rotatable bonds is 5. The van der Waals surface area contributed by atoms with E-state index in [9.17, 15) is 5.11 Å². The number of halogens is 1. The number of aromatic hydroxyl groups is 1. The van der Waals surface area contributed by atoms with Gasteiger partial charge in [0.15, 0.2) is 11.6 Å². The summed E-state index contributed by atoms with van der Waals surface area (Å²) in [4.78, 5) is 10.2. The normalized spacial score (nSPS) is 11.0. The molecule has 9 heteroatoms. The number of nitrogens with zero attached hydrogens (tertiary/aromatic N) is 5. The fourth-order valence-electron chi connectivity index (χ4n) is 3.01. The Morgan fingerprint density at radius 3 is 2.42 bits per heavy atom. The van der Waals surface area contributed by atoms with Gasteiger partial charge >= 0.3 is 0 Å². The summed E-state index contributed by atoms with van der Waals surface area (Å²) in [5.41, 5.74) is 2.49. The SMILES string of the molecule is Oc1cccnc1-n1cc(Sc2ccc(Cl)cc2)c(-c2ccc(-c3ncon3)cc2)n1. The summed E-state index contributed by atoms with van der Waals surface area (Å²) in [6, 6.07) is 18.6. The maximum atomic E-state index is 10.2. The van der Waals surface area contributed by atoms with Crippen LogP contribution in [0.25, 0.3) is 28.5 Å². The van der Waals surface area contributed by atoms with Crippen LogP contribution in [-0.4, -0.2) is 30.0 Å². The van der Waals surface area contributed by atoms with E-state index in [1.807, 2.05) is 54.7 Å². The summed E-state index contributed by atoms with van der Waals surface area (Å²) in [7, 11) is 0. The van der Waals surface area contributed by atoms with Gasteiger partial charge in [-0.05, 0) is 36.4 Å². The first-order valence-corrected chi connectivity index (χ1v) is 10.4. The van der Waals surface area contributed by atoms with Crippen molar-refractivity contribution in [3.8, 4) is 34.2 Å². The summed E-state index contributed by atoms with van der Waals surface area (Å²) < 4.78 is 6.40. The van der Waals surface area contributed by atoms with Gasteiger partial charge in [0.2, 0.25) is 12.2 Å². The van der Waals surface area contributed by atoms with Gasteiger partial charge in [0.05, 0.1) is 4.90 Å². The van der Waals surface area contributed by atoms with E-state index in [1.165, 1.54) is 6.39 Å². The van der Waals surface area contributed by atoms with E-state index >= 15 is 0 Å². The minimum absolute atomic E-state index is 0.0482. The third-order valence-corrected chi connectivity index (χ3v) is 5.76. The van der Waals surface area contributed by atoms with Gasteiger partial charge in [-0.25, -0.2) is 9.67 Å². The van der Waals surface area contributed by atoms with Crippen LogP contribution in [0, 0.1) is 0 Å². The number of aromatic nitrogens is 5. The maximum Gasteiger partial charge on any atom is 0.214 e. The van der Waals surface area contributed by atoms with E-state index in [2.05, 4.69) is 15.1 Å². The van der Waals surface area contributed by atoms with Crippen molar-refractivity contribution < 1.29 is 9.63 Å². The Bertz CT molecular complexity index is 1320. The van der Waals surface area contributed by atoms with Crippen molar-refractivity contribution in [1.29, 1.82) is 0 Å². The molecule has 0 aliphatic heterocycles. The minimum atomic E-state index is 0.0482. The summed E-state index contributed by atoms with van der Waals surface area (Å²) in [6.07, 6.45) is 4.76. The smallest absolute Gasteiger partial charge is 0.214 e. The van der Waals surface area contributed by atoms with Crippen molar-refractivity contribution in [2.45, 2.75) is 9.79 Å². The molecule has 0 aliphatic carbocycles. The Balaban J connectivity index is 1.57. The lowest BCUT2D eigenvalue weighted by atomic mass is 10.1. The molecule has 0 unspecified atom stereocenters. The molecule has 0 spiro atoms. The number of pyridine rings is 1. The molecule has 0 saturated carbocycles. The van der Waals surface area contributed by atoms with E-state index in [1.54, 1.807) is 34.8 Å². The van der Waals surface area contributed by atoms with Crippen molar-refractivity contribution in [3.05, 3.63) is 84.5 Å². The second-order valence-electron chi connectivity index (χ2n) is 6.52. The molecule has 0 radical (unpaired) electrons. The van der Waals surface area contributed by atoms with Gasteiger partial charge in [-0.2, -0.15) is 10.1 Å². The predicted molar refractivity (Wildman–Crippen MR) is 117 cm³/mol. The highest BCUT2D eigenvalue weighted by molar-refractivity contribution is 7.99. The quantitative estimate of drug-likeness (QED) is 0.380. The van der Waals surface area contributed by atoms with Crippen molar-refractivity contribution in [2.24, 2.45) is 0 Å². The lowest BCUT2D eigenvalue weighted by Crippen LogP contribution is -1.98. The molecule has 1 N–H and O–H groups in total. The third kappa shape index (κ3) is 4.03. The average Bonchev–Trinajstić information content (AvgIpc) is 3.46. The van der Waals surface area contributed by atoms with E-state index in [4.69, 9.17) is 21.2 Å². The lowest BCUT2D eigenvalue weighted by Gasteiger charge is -2.04. The van der Waals surface area contributed by atoms with E-state index in [0.717, 1.165) is 26.6 Å². The van der Waals surface area contributed by atoms with Crippen LogP contribution in [0.3, 0.4) is 0 Å². The van der Waals surface area contributed by atoms with Gasteiger partial charge in [-0.1, -0.05) is 52.8 Å². The highest BCUT2D eigenvalue weighted by Crippen LogP contribution is 2.37. The van der Waals surface area contributed by atoms with Crippen LogP contribution in [0.2, 0.25) is 5.02 Å². The Morgan fingerprint density at radius 2 is 1.71 bits per heavy atom. The van der Waals surface area contributed by atoms with Crippen LogP contribution >= 0.6 is 23.4 Å². The molecule has 152 valence electrons. The van der Waals surface area contributed by atoms with Crippen LogP contribution < -0.4 is 0 Å². The van der Waals surface area contributed by atoms with Crippen LogP contribution in [0.4, 0.5) is 0 Å². The second-order valence-corrected chi connectivity index (χ2v) is 8.07. The molecule has 0 bridgehead atoms. The first-order chi connectivity index (χ1) is 15.2. The highest BCUT2D eigenvalue weighted by atomic mass is 35.5. The third-order valence-electron chi connectivity index (χ3n) is 4.48. The lowest BCUT2D eigenvalue weighted by molar-refractivity contribution is 0.419. The van der Waals surface area contributed by atoms with E-state index < -0.39 is 0 Å². The van der Waals surface area contributed by atoms with Gasteiger partial charge in [-0.3, -0.25) is 0 Å². The van der Waals surface area contributed by atoms with Crippen molar-refractivity contribution in [2.75, 3.05) is 0 Å². The minimum Gasteiger partial charge on any atom is -0.504 e. The van der Waals surface area contributed by atoms with Crippen molar-refractivity contribution in [1.82, 2.24) is 24.9 Å². The first kappa shape index (κ1) is 19.3. The van der Waals surface area contributed by atoms with Crippen LogP contribution in [0.1, 0.15) is 0 Å². The Hall–Kier alpha value is -3.62. The first-order valence-electron chi connectivity index (χ1n) is 9.22. The van der Waals surface area contributed by atoms with Gasteiger partial charge in [0.1, 0.15) is 5.69 Å². The Kier molecular flexibility index (Phi) is 5.15. The fourth-order valence-corrected chi connectivity index (χ4v) is 4.07. The van der Waals surface area contributed by atoms with Crippen LogP contribution in [0.5, 0.6) is 5.75 Å².